The van der Waals surface area contributed by atoms with E-state index < -0.39 is 29.7 Å². The van der Waals surface area contributed by atoms with Crippen LogP contribution in [0.4, 0.5) is 8.78 Å². The summed E-state index contributed by atoms with van der Waals surface area (Å²) in [5.41, 5.74) is -0.238. The molecule has 0 fully saturated rings. The summed E-state index contributed by atoms with van der Waals surface area (Å²) in [6.45, 7) is 1.51. The maximum Gasteiger partial charge on any atom is 0.272 e. The number of rotatable bonds is 4. The van der Waals surface area contributed by atoms with Crippen LogP contribution in [0.5, 0.6) is 0 Å². The van der Waals surface area contributed by atoms with E-state index in [0.29, 0.717) is 0 Å². The predicted octanol–water partition coefficient (Wildman–Crippen LogP) is 0.910. The number of benzene rings is 1. The van der Waals surface area contributed by atoms with Crippen molar-refractivity contribution in [1.82, 2.24) is 15.1 Å². The highest BCUT2D eigenvalue weighted by molar-refractivity contribution is 5.92. The normalized spacial score (nSPS) is 13.4. The van der Waals surface area contributed by atoms with Crippen molar-refractivity contribution in [2.75, 3.05) is 0 Å². The lowest BCUT2D eigenvalue weighted by Gasteiger charge is -2.20. The fraction of sp³-hybridized carbons (Fsp3) is 0.267. The molecule has 2 unspecified atom stereocenters. The van der Waals surface area contributed by atoms with Gasteiger partial charge in [0.25, 0.3) is 11.5 Å². The topological polar surface area (TPSA) is 84.2 Å². The van der Waals surface area contributed by atoms with Gasteiger partial charge in [-0.25, -0.2) is 13.5 Å². The van der Waals surface area contributed by atoms with Crippen LogP contribution in [0.25, 0.3) is 0 Å². The number of carbonyl (C=O) groups is 1. The van der Waals surface area contributed by atoms with Crippen LogP contribution in [-0.2, 0) is 7.05 Å². The second-order valence-corrected chi connectivity index (χ2v) is 5.06. The maximum absolute atomic E-state index is 13.2. The lowest BCUT2D eigenvalue weighted by Crippen LogP contribution is -2.38. The SMILES string of the molecule is CC(NC(=O)c1ccc(=O)n(C)n1)C(O)c1ccc(F)c(F)c1. The Morgan fingerprint density at radius 1 is 1.26 bits per heavy atom. The number of aliphatic hydroxyl groups excluding tert-OH is 1. The van der Waals surface area contributed by atoms with Crippen molar-refractivity contribution in [3.63, 3.8) is 0 Å². The van der Waals surface area contributed by atoms with E-state index in [1.165, 1.54) is 32.2 Å². The number of hydrogen-bond donors (Lipinski definition) is 2. The molecule has 122 valence electrons. The molecular weight excluding hydrogens is 308 g/mol. The fourth-order valence-corrected chi connectivity index (χ4v) is 1.97. The van der Waals surface area contributed by atoms with E-state index in [2.05, 4.69) is 10.4 Å². The Hall–Kier alpha value is -2.61. The van der Waals surface area contributed by atoms with Crippen LogP contribution < -0.4 is 10.9 Å². The summed E-state index contributed by atoms with van der Waals surface area (Å²) in [5.74, 6) is -2.71. The minimum absolute atomic E-state index is 0.00330. The van der Waals surface area contributed by atoms with Gasteiger partial charge in [-0.15, -0.1) is 0 Å². The van der Waals surface area contributed by atoms with E-state index in [1.54, 1.807) is 0 Å². The van der Waals surface area contributed by atoms with Gasteiger partial charge in [-0.1, -0.05) is 6.07 Å². The van der Waals surface area contributed by atoms with Crippen LogP contribution in [0.2, 0.25) is 0 Å². The zero-order chi connectivity index (χ0) is 17.1. The van der Waals surface area contributed by atoms with Crippen molar-refractivity contribution in [3.8, 4) is 0 Å². The van der Waals surface area contributed by atoms with E-state index in [0.717, 1.165) is 16.8 Å². The molecule has 1 aromatic carbocycles. The summed E-state index contributed by atoms with van der Waals surface area (Å²) in [5, 5.41) is 16.4. The summed E-state index contributed by atoms with van der Waals surface area (Å²) >= 11 is 0. The number of hydrogen-bond acceptors (Lipinski definition) is 4. The molecule has 1 aromatic heterocycles. The first-order chi connectivity index (χ1) is 10.8. The number of aromatic nitrogens is 2. The van der Waals surface area contributed by atoms with E-state index in [1.807, 2.05) is 0 Å². The molecular formula is C15H15F2N3O3. The maximum atomic E-state index is 13.2. The van der Waals surface area contributed by atoms with Gasteiger partial charge in [-0.3, -0.25) is 9.59 Å². The van der Waals surface area contributed by atoms with Crippen LogP contribution in [0.1, 0.15) is 29.1 Å². The molecule has 0 aliphatic rings. The standard InChI is InChI=1S/C15H15F2N3O3/c1-8(14(22)9-3-4-10(16)11(17)7-9)18-15(23)12-5-6-13(21)20(2)19-12/h3-8,14,22H,1-2H3,(H,18,23). The molecule has 1 amide bonds. The molecule has 0 spiro atoms. The first-order valence-corrected chi connectivity index (χ1v) is 6.78. The Kier molecular flexibility index (Phi) is 4.85. The molecule has 2 rings (SSSR count). The van der Waals surface area contributed by atoms with E-state index >= 15 is 0 Å². The second kappa shape index (κ2) is 6.66. The third-order valence-electron chi connectivity index (χ3n) is 3.31. The van der Waals surface area contributed by atoms with Gasteiger partial charge in [0.05, 0.1) is 12.1 Å². The van der Waals surface area contributed by atoms with Gasteiger partial charge in [0.2, 0.25) is 0 Å². The summed E-state index contributed by atoms with van der Waals surface area (Å²) in [6, 6.07) is 4.67. The average Bonchev–Trinajstić information content (AvgIpc) is 2.51. The summed E-state index contributed by atoms with van der Waals surface area (Å²) < 4.78 is 27.1. The minimum Gasteiger partial charge on any atom is -0.386 e. The zero-order valence-corrected chi connectivity index (χ0v) is 12.5. The molecule has 2 atom stereocenters. The van der Waals surface area contributed by atoms with E-state index in [9.17, 15) is 23.5 Å². The highest BCUT2D eigenvalue weighted by Gasteiger charge is 2.21. The molecule has 0 saturated carbocycles. The smallest absolute Gasteiger partial charge is 0.272 e. The lowest BCUT2D eigenvalue weighted by molar-refractivity contribution is 0.0844. The molecule has 0 bridgehead atoms. The van der Waals surface area contributed by atoms with Crippen LogP contribution in [0, 0.1) is 11.6 Å². The van der Waals surface area contributed by atoms with Crippen molar-refractivity contribution >= 4 is 5.91 Å². The molecule has 2 N–H and O–H groups in total. The molecule has 1 heterocycles. The fourth-order valence-electron chi connectivity index (χ4n) is 1.97. The number of nitrogens with one attached hydrogen (secondary N) is 1. The zero-order valence-electron chi connectivity index (χ0n) is 12.5. The van der Waals surface area contributed by atoms with Crippen LogP contribution in [0.15, 0.2) is 35.1 Å². The van der Waals surface area contributed by atoms with Crippen LogP contribution in [0.3, 0.4) is 0 Å². The monoisotopic (exact) mass is 323 g/mol. The summed E-state index contributed by atoms with van der Waals surface area (Å²) in [4.78, 5) is 23.3. The van der Waals surface area contributed by atoms with Crippen molar-refractivity contribution in [2.45, 2.75) is 19.1 Å². The number of nitrogens with zero attached hydrogens (tertiary/aromatic N) is 2. The Morgan fingerprint density at radius 3 is 2.57 bits per heavy atom. The first kappa shape index (κ1) is 16.8. The van der Waals surface area contributed by atoms with Gasteiger partial charge in [0.15, 0.2) is 11.6 Å². The van der Waals surface area contributed by atoms with Crippen molar-refractivity contribution < 1.29 is 18.7 Å². The molecule has 2 aromatic rings. The molecule has 6 nitrogen and oxygen atoms in total. The molecule has 0 aliphatic heterocycles. The van der Waals surface area contributed by atoms with Gasteiger partial charge < -0.3 is 10.4 Å². The highest BCUT2D eigenvalue weighted by Crippen LogP contribution is 2.19. The summed E-state index contributed by atoms with van der Waals surface area (Å²) in [7, 11) is 1.40. The average molecular weight is 323 g/mol. The van der Waals surface area contributed by atoms with Gasteiger partial charge in [0.1, 0.15) is 5.69 Å². The Labute approximate surface area is 130 Å². The Balaban J connectivity index is 2.12. The molecule has 23 heavy (non-hydrogen) atoms. The van der Waals surface area contributed by atoms with Gasteiger partial charge in [0, 0.05) is 13.1 Å². The number of aryl methyl sites for hydroxylation is 1. The van der Waals surface area contributed by atoms with Gasteiger partial charge in [-0.05, 0) is 30.7 Å². The predicted molar refractivity (Wildman–Crippen MR) is 77.7 cm³/mol. The first-order valence-electron chi connectivity index (χ1n) is 6.78. The minimum atomic E-state index is -1.23. The second-order valence-electron chi connectivity index (χ2n) is 5.06. The third-order valence-corrected chi connectivity index (χ3v) is 3.31. The van der Waals surface area contributed by atoms with Gasteiger partial charge >= 0.3 is 0 Å². The van der Waals surface area contributed by atoms with Crippen molar-refractivity contribution in [3.05, 3.63) is 63.6 Å². The Bertz CT molecular complexity index is 792. The van der Waals surface area contributed by atoms with Gasteiger partial charge in [-0.2, -0.15) is 5.10 Å². The van der Waals surface area contributed by atoms with Crippen molar-refractivity contribution in [2.24, 2.45) is 7.05 Å². The molecule has 0 aliphatic carbocycles. The molecule has 8 heteroatoms. The van der Waals surface area contributed by atoms with E-state index in [4.69, 9.17) is 0 Å². The Morgan fingerprint density at radius 2 is 1.96 bits per heavy atom. The largest absolute Gasteiger partial charge is 0.386 e. The molecule has 0 saturated heterocycles. The summed E-state index contributed by atoms with van der Waals surface area (Å²) in [6.07, 6.45) is -1.23. The number of aliphatic hydroxyl groups is 1. The quantitative estimate of drug-likeness (QED) is 0.876. The number of carbonyl (C=O) groups excluding carboxylic acids is 1. The number of halogens is 2. The van der Waals surface area contributed by atoms with E-state index in [-0.39, 0.29) is 16.8 Å². The van der Waals surface area contributed by atoms with Crippen molar-refractivity contribution in [1.29, 1.82) is 0 Å². The highest BCUT2D eigenvalue weighted by atomic mass is 19.2. The third kappa shape index (κ3) is 3.78. The van der Waals surface area contributed by atoms with Crippen LogP contribution >= 0.6 is 0 Å². The molecule has 0 radical (unpaired) electrons. The lowest BCUT2D eigenvalue weighted by atomic mass is 10.0. The number of amides is 1. The van der Waals surface area contributed by atoms with Crippen LogP contribution in [-0.4, -0.2) is 26.8 Å².